The maximum Gasteiger partial charge on any atom is 0.231 e. The molecule has 70 valence electrons. The first-order chi connectivity index (χ1) is 6.35. The molecule has 1 heterocycles. The van der Waals surface area contributed by atoms with Crippen molar-refractivity contribution in [2.75, 3.05) is 6.79 Å². The predicted molar refractivity (Wildman–Crippen MR) is 43.3 cm³/mol. The van der Waals surface area contributed by atoms with Crippen LogP contribution in [-0.2, 0) is 13.3 Å². The summed E-state index contributed by atoms with van der Waals surface area (Å²) in [5.41, 5.74) is 0.999. The van der Waals surface area contributed by atoms with E-state index in [4.69, 9.17) is 14.6 Å². The molecule has 0 spiro atoms. The molecule has 1 aliphatic rings. The van der Waals surface area contributed by atoms with Crippen LogP contribution in [0.2, 0.25) is 0 Å². The minimum atomic E-state index is -0.605. The predicted octanol–water partition coefficient (Wildman–Crippen LogP) is 1.38. The van der Waals surface area contributed by atoms with Gasteiger partial charge in [0.2, 0.25) is 6.79 Å². The molecule has 0 amide bonds. The first kappa shape index (κ1) is 8.31. The Bertz CT molecular complexity index is 294. The van der Waals surface area contributed by atoms with Gasteiger partial charge in [0.15, 0.2) is 11.5 Å². The fourth-order valence-electron chi connectivity index (χ4n) is 1.30. The van der Waals surface area contributed by atoms with Gasteiger partial charge in [0, 0.05) is 0 Å². The average molecular weight is 184 g/mol. The van der Waals surface area contributed by atoms with Crippen molar-refractivity contribution in [1.82, 2.24) is 0 Å². The molecule has 0 fully saturated rings. The number of benzene rings is 1. The van der Waals surface area contributed by atoms with Gasteiger partial charge in [-0.05, 0) is 23.3 Å². The average Bonchev–Trinajstić information content (AvgIpc) is 2.62. The molecule has 1 aromatic rings. The number of ether oxygens (including phenoxy) is 2. The van der Waals surface area contributed by atoms with Crippen LogP contribution in [0.15, 0.2) is 12.1 Å². The van der Waals surface area contributed by atoms with Gasteiger partial charge in [-0.15, -0.1) is 0 Å². The Labute approximate surface area is 74.7 Å². The lowest BCUT2D eigenvalue weighted by atomic mass is 10.1. The molecule has 0 unspecified atom stereocenters. The summed E-state index contributed by atoms with van der Waals surface area (Å²) in [4.78, 5) is 0. The summed E-state index contributed by atoms with van der Waals surface area (Å²) in [6.45, 7) is -0.627. The number of alkyl halides is 1. The third-order valence-corrected chi connectivity index (χ3v) is 2.01. The summed E-state index contributed by atoms with van der Waals surface area (Å²) < 4.78 is 22.6. The summed E-state index contributed by atoms with van der Waals surface area (Å²) in [6.07, 6.45) is 0. The summed E-state index contributed by atoms with van der Waals surface area (Å²) >= 11 is 0. The highest BCUT2D eigenvalue weighted by Crippen LogP contribution is 2.35. The van der Waals surface area contributed by atoms with Gasteiger partial charge in [-0.1, -0.05) is 0 Å². The second-order valence-electron chi connectivity index (χ2n) is 2.77. The maximum atomic E-state index is 12.4. The van der Waals surface area contributed by atoms with E-state index >= 15 is 0 Å². The lowest BCUT2D eigenvalue weighted by Gasteiger charge is -2.04. The second-order valence-corrected chi connectivity index (χ2v) is 2.77. The van der Waals surface area contributed by atoms with E-state index in [2.05, 4.69) is 0 Å². The molecule has 1 aromatic carbocycles. The Hall–Kier alpha value is -1.29. The quantitative estimate of drug-likeness (QED) is 0.754. The highest BCUT2D eigenvalue weighted by molar-refractivity contribution is 5.48. The number of hydrogen-bond acceptors (Lipinski definition) is 3. The van der Waals surface area contributed by atoms with Crippen LogP contribution < -0.4 is 9.47 Å². The van der Waals surface area contributed by atoms with Crippen LogP contribution in [0.1, 0.15) is 11.1 Å². The number of hydrogen-bond donors (Lipinski definition) is 1. The lowest BCUT2D eigenvalue weighted by Crippen LogP contribution is -1.92. The number of aliphatic hydroxyl groups excluding tert-OH is 1. The van der Waals surface area contributed by atoms with E-state index in [-0.39, 0.29) is 13.4 Å². The fourth-order valence-corrected chi connectivity index (χ4v) is 1.30. The van der Waals surface area contributed by atoms with Crippen molar-refractivity contribution in [3.05, 3.63) is 23.3 Å². The number of halogens is 1. The monoisotopic (exact) mass is 184 g/mol. The minimum absolute atomic E-state index is 0.163. The van der Waals surface area contributed by atoms with Crippen molar-refractivity contribution in [1.29, 1.82) is 0 Å². The molecule has 4 heteroatoms. The first-order valence-corrected chi connectivity index (χ1v) is 3.93. The maximum absolute atomic E-state index is 12.4. The Morgan fingerprint density at radius 3 is 2.38 bits per heavy atom. The van der Waals surface area contributed by atoms with Crippen molar-refractivity contribution in [3.63, 3.8) is 0 Å². The molecule has 0 aromatic heterocycles. The first-order valence-electron chi connectivity index (χ1n) is 3.93. The molecule has 2 rings (SSSR count). The Balaban J connectivity index is 2.47. The van der Waals surface area contributed by atoms with Gasteiger partial charge < -0.3 is 14.6 Å². The Morgan fingerprint density at radius 2 is 1.85 bits per heavy atom. The number of aliphatic hydroxyl groups is 1. The highest BCUT2D eigenvalue weighted by Gasteiger charge is 2.16. The molecule has 13 heavy (non-hydrogen) atoms. The van der Waals surface area contributed by atoms with Gasteiger partial charge in [-0.2, -0.15) is 0 Å². The van der Waals surface area contributed by atoms with Crippen LogP contribution in [0.5, 0.6) is 11.5 Å². The molecule has 0 radical (unpaired) electrons. The summed E-state index contributed by atoms with van der Waals surface area (Å²) in [5.74, 6) is 1.12. The van der Waals surface area contributed by atoms with E-state index < -0.39 is 6.67 Å². The summed E-state index contributed by atoms with van der Waals surface area (Å²) in [5, 5.41) is 8.92. The van der Waals surface area contributed by atoms with Gasteiger partial charge in [0.1, 0.15) is 6.67 Å². The molecule has 0 bridgehead atoms. The molecule has 3 nitrogen and oxygen atoms in total. The lowest BCUT2D eigenvalue weighted by molar-refractivity contribution is 0.173. The third-order valence-electron chi connectivity index (χ3n) is 2.01. The topological polar surface area (TPSA) is 38.7 Å². The normalized spacial score (nSPS) is 13.4. The van der Waals surface area contributed by atoms with E-state index in [9.17, 15) is 4.39 Å². The van der Waals surface area contributed by atoms with Crippen LogP contribution >= 0.6 is 0 Å². The van der Waals surface area contributed by atoms with Crippen molar-refractivity contribution in [2.45, 2.75) is 13.3 Å². The zero-order valence-corrected chi connectivity index (χ0v) is 6.92. The zero-order valence-electron chi connectivity index (χ0n) is 6.92. The van der Waals surface area contributed by atoms with E-state index in [1.807, 2.05) is 0 Å². The van der Waals surface area contributed by atoms with Crippen molar-refractivity contribution < 1.29 is 19.0 Å². The van der Waals surface area contributed by atoms with Crippen LogP contribution in [-0.4, -0.2) is 11.9 Å². The molecular weight excluding hydrogens is 175 g/mol. The number of rotatable bonds is 2. The standard InChI is InChI=1S/C9H9FO3/c10-3-6-1-8-9(13-5-12-8)2-7(6)4-11/h1-2,11H,3-5H2. The minimum Gasteiger partial charge on any atom is -0.454 e. The molecular formula is C9H9FO3. The van der Waals surface area contributed by atoms with Crippen LogP contribution in [0, 0.1) is 0 Å². The third kappa shape index (κ3) is 1.33. The Kier molecular flexibility index (Phi) is 2.06. The zero-order chi connectivity index (χ0) is 9.26. The molecule has 0 aliphatic carbocycles. The van der Waals surface area contributed by atoms with Gasteiger partial charge in [0.25, 0.3) is 0 Å². The van der Waals surface area contributed by atoms with Crippen LogP contribution in [0.3, 0.4) is 0 Å². The molecule has 1 aliphatic heterocycles. The highest BCUT2D eigenvalue weighted by atomic mass is 19.1. The largest absolute Gasteiger partial charge is 0.454 e. The summed E-state index contributed by atoms with van der Waals surface area (Å²) in [6, 6.07) is 3.17. The second kappa shape index (κ2) is 3.22. The van der Waals surface area contributed by atoms with Crippen molar-refractivity contribution in [3.8, 4) is 11.5 Å². The molecule has 1 N–H and O–H groups in total. The van der Waals surface area contributed by atoms with Crippen molar-refractivity contribution >= 4 is 0 Å². The van der Waals surface area contributed by atoms with Crippen LogP contribution in [0.4, 0.5) is 4.39 Å². The molecule has 0 atom stereocenters. The van der Waals surface area contributed by atoms with Crippen molar-refractivity contribution in [2.24, 2.45) is 0 Å². The van der Waals surface area contributed by atoms with Gasteiger partial charge in [-0.25, -0.2) is 4.39 Å². The number of fused-ring (bicyclic) bond motifs is 1. The van der Waals surface area contributed by atoms with E-state index in [1.54, 1.807) is 12.1 Å². The van der Waals surface area contributed by atoms with Gasteiger partial charge in [0.05, 0.1) is 6.61 Å². The van der Waals surface area contributed by atoms with Gasteiger partial charge >= 0.3 is 0 Å². The van der Waals surface area contributed by atoms with E-state index in [0.29, 0.717) is 22.6 Å². The fraction of sp³-hybridized carbons (Fsp3) is 0.333. The molecule has 0 saturated carbocycles. The van der Waals surface area contributed by atoms with E-state index in [1.165, 1.54) is 0 Å². The smallest absolute Gasteiger partial charge is 0.231 e. The summed E-state index contributed by atoms with van der Waals surface area (Å²) in [7, 11) is 0. The van der Waals surface area contributed by atoms with Crippen LogP contribution in [0.25, 0.3) is 0 Å². The Morgan fingerprint density at radius 1 is 1.23 bits per heavy atom. The molecule has 0 saturated heterocycles. The van der Waals surface area contributed by atoms with Gasteiger partial charge in [-0.3, -0.25) is 0 Å². The van der Waals surface area contributed by atoms with E-state index in [0.717, 1.165) is 0 Å². The SMILES string of the molecule is OCc1cc2c(cc1CF)OCO2.